The van der Waals surface area contributed by atoms with E-state index in [-0.39, 0.29) is 84.5 Å². The first-order valence-corrected chi connectivity index (χ1v) is 13.9. The number of hydrogen-bond donors (Lipinski definition) is 1. The van der Waals surface area contributed by atoms with Gasteiger partial charge < -0.3 is 33.7 Å². The number of ether oxygens (including phenoxy) is 2. The third-order valence-corrected chi connectivity index (χ3v) is 5.53. The van der Waals surface area contributed by atoms with E-state index in [9.17, 15) is 28.7 Å². The van der Waals surface area contributed by atoms with Gasteiger partial charge in [-0.25, -0.2) is 0 Å². The van der Waals surface area contributed by atoms with Gasteiger partial charge in [-0.2, -0.15) is 0 Å². The largest absolute Gasteiger partial charge is 1.00 e. The van der Waals surface area contributed by atoms with Gasteiger partial charge in [0.1, 0.15) is 6.61 Å². The number of hydrogen-bond acceptors (Lipinski definition) is 9. The van der Waals surface area contributed by atoms with Gasteiger partial charge in [0.15, 0.2) is 6.10 Å². The standard InChI is InChI=1S/C23H44NO9P.2Na/c1-3-4-5-6-9-13-16-23(27)33-21(19-32-34(28,29)30)18-31-22(26)15-12-10-7-8-11-14-17-24-20(2)25;;/h21H,3-19H2,1-2H3,(H,24,25)(H2,28,29,30);;/q;2*+1/p-2/t21-;;/m1../s1. The van der Waals surface area contributed by atoms with Crippen molar-refractivity contribution in [3.8, 4) is 0 Å². The molecule has 1 atom stereocenters. The van der Waals surface area contributed by atoms with Gasteiger partial charge >= 0.3 is 71.1 Å². The summed E-state index contributed by atoms with van der Waals surface area (Å²) < 4.78 is 25.2. The van der Waals surface area contributed by atoms with E-state index in [2.05, 4.69) is 16.8 Å². The monoisotopic (exact) mass is 553 g/mol. The Balaban J connectivity index is -0.00000544. The van der Waals surface area contributed by atoms with E-state index in [1.165, 1.54) is 6.92 Å². The molecular formula is C23H42NNa2O9P. The number of phosphoric acid groups is 1. The number of carbonyl (C=O) groups excluding carboxylic acids is 3. The molecule has 1 amide bonds. The summed E-state index contributed by atoms with van der Waals surface area (Å²) in [6.45, 7) is 3.23. The van der Waals surface area contributed by atoms with Crippen LogP contribution in [0.15, 0.2) is 0 Å². The Morgan fingerprint density at radius 3 is 1.81 bits per heavy atom. The van der Waals surface area contributed by atoms with Crippen molar-refractivity contribution in [1.82, 2.24) is 5.32 Å². The predicted molar refractivity (Wildman–Crippen MR) is 123 cm³/mol. The van der Waals surface area contributed by atoms with E-state index in [0.717, 1.165) is 64.2 Å². The smallest absolute Gasteiger partial charge is 0.790 e. The number of rotatable bonds is 22. The minimum Gasteiger partial charge on any atom is -0.790 e. The molecule has 0 saturated heterocycles. The summed E-state index contributed by atoms with van der Waals surface area (Å²) in [5.41, 5.74) is 0. The van der Waals surface area contributed by atoms with E-state index in [1.54, 1.807) is 0 Å². The molecule has 10 nitrogen and oxygen atoms in total. The molecule has 0 aliphatic carbocycles. The zero-order valence-electron chi connectivity index (χ0n) is 22.7. The first-order chi connectivity index (χ1) is 16.1. The quantitative estimate of drug-likeness (QED) is 0.0636. The van der Waals surface area contributed by atoms with Gasteiger partial charge in [-0.3, -0.25) is 14.4 Å². The van der Waals surface area contributed by atoms with E-state index in [4.69, 9.17) is 9.47 Å². The van der Waals surface area contributed by atoms with Gasteiger partial charge in [-0.1, -0.05) is 64.7 Å². The Labute approximate surface area is 260 Å². The molecule has 0 saturated carbocycles. The van der Waals surface area contributed by atoms with Crippen LogP contribution in [0, 0.1) is 0 Å². The molecule has 200 valence electrons. The van der Waals surface area contributed by atoms with Crippen LogP contribution in [0.4, 0.5) is 0 Å². The third kappa shape index (κ3) is 30.7. The van der Waals surface area contributed by atoms with Crippen molar-refractivity contribution < 1.29 is 102 Å². The summed E-state index contributed by atoms with van der Waals surface area (Å²) in [7, 11) is -5.24. The molecule has 0 unspecified atom stereocenters. The summed E-state index contributed by atoms with van der Waals surface area (Å²) in [5, 5.41) is 2.74. The SMILES string of the molecule is CCCCCCCCC(=O)O[C@H](COC(=O)CCCCCCCCNC(C)=O)COP(=O)([O-])[O-].[Na+].[Na+]. The Hall–Kier alpha value is 0.520. The van der Waals surface area contributed by atoms with Crippen molar-refractivity contribution >= 4 is 25.7 Å². The molecule has 13 heteroatoms. The first kappa shape index (κ1) is 41.0. The third-order valence-electron chi connectivity index (χ3n) is 5.06. The second-order valence-corrected chi connectivity index (χ2v) is 9.56. The summed E-state index contributed by atoms with van der Waals surface area (Å²) >= 11 is 0. The maximum Gasteiger partial charge on any atom is 1.00 e. The number of carbonyl (C=O) groups is 3. The van der Waals surface area contributed by atoms with Gasteiger partial charge in [-0.15, -0.1) is 0 Å². The zero-order chi connectivity index (χ0) is 25.7. The van der Waals surface area contributed by atoms with Crippen molar-refractivity contribution in [1.29, 1.82) is 0 Å². The van der Waals surface area contributed by atoms with Crippen molar-refractivity contribution in [2.24, 2.45) is 0 Å². The van der Waals surface area contributed by atoms with Crippen LogP contribution >= 0.6 is 7.82 Å². The molecule has 0 aromatic heterocycles. The van der Waals surface area contributed by atoms with Crippen molar-refractivity contribution in [2.75, 3.05) is 19.8 Å². The van der Waals surface area contributed by atoms with Crippen LogP contribution in [-0.4, -0.2) is 43.7 Å². The second kappa shape index (κ2) is 27.1. The number of nitrogens with one attached hydrogen (secondary N) is 1. The van der Waals surface area contributed by atoms with E-state index < -0.39 is 32.5 Å². The van der Waals surface area contributed by atoms with Gasteiger partial charge in [-0.05, 0) is 19.3 Å². The van der Waals surface area contributed by atoms with Crippen LogP contribution < -0.4 is 74.2 Å². The van der Waals surface area contributed by atoms with Crippen LogP contribution in [0.1, 0.15) is 104 Å². The van der Waals surface area contributed by atoms with Gasteiger partial charge in [0, 0.05) is 26.3 Å². The van der Waals surface area contributed by atoms with Gasteiger partial charge in [0.25, 0.3) is 0 Å². The molecule has 0 aromatic carbocycles. The molecule has 0 aliphatic heterocycles. The summed E-state index contributed by atoms with van der Waals surface area (Å²) in [6.07, 6.45) is 10.5. The Morgan fingerprint density at radius 1 is 0.778 bits per heavy atom. The fourth-order valence-corrected chi connectivity index (χ4v) is 3.56. The molecule has 0 heterocycles. The fourth-order valence-electron chi connectivity index (χ4n) is 3.21. The zero-order valence-corrected chi connectivity index (χ0v) is 27.6. The number of esters is 2. The van der Waals surface area contributed by atoms with E-state index in [1.807, 2.05) is 0 Å². The summed E-state index contributed by atoms with van der Waals surface area (Å²) in [5.74, 6) is -1.07. The van der Waals surface area contributed by atoms with Crippen LogP contribution in [-0.2, 0) is 32.9 Å². The molecule has 1 N–H and O–H groups in total. The molecule has 0 rings (SSSR count). The first-order valence-electron chi connectivity index (χ1n) is 12.4. The van der Waals surface area contributed by atoms with Crippen LogP contribution in [0.3, 0.4) is 0 Å². The summed E-state index contributed by atoms with van der Waals surface area (Å²) in [6, 6.07) is 0. The van der Waals surface area contributed by atoms with Crippen LogP contribution in [0.25, 0.3) is 0 Å². The van der Waals surface area contributed by atoms with Crippen molar-refractivity contribution in [3.63, 3.8) is 0 Å². The topological polar surface area (TPSA) is 154 Å². The molecule has 0 aromatic rings. The van der Waals surface area contributed by atoms with E-state index >= 15 is 0 Å². The molecule has 0 fully saturated rings. The predicted octanol–water partition coefficient (Wildman–Crippen LogP) is -3.09. The van der Waals surface area contributed by atoms with Gasteiger partial charge in [0.2, 0.25) is 5.91 Å². The molecule has 36 heavy (non-hydrogen) atoms. The molecule has 0 bridgehead atoms. The second-order valence-electron chi connectivity index (χ2n) is 8.41. The van der Waals surface area contributed by atoms with Gasteiger partial charge in [0.05, 0.1) is 14.4 Å². The Kier molecular flexibility index (Phi) is 30.9. The Morgan fingerprint density at radius 2 is 1.28 bits per heavy atom. The molecular weight excluding hydrogens is 511 g/mol. The fraction of sp³-hybridized carbons (Fsp3) is 0.870. The van der Waals surface area contributed by atoms with Crippen molar-refractivity contribution in [3.05, 3.63) is 0 Å². The number of amides is 1. The minimum absolute atomic E-state index is 0. The van der Waals surface area contributed by atoms with Crippen LogP contribution in [0.5, 0.6) is 0 Å². The van der Waals surface area contributed by atoms with Crippen molar-refractivity contribution in [2.45, 2.75) is 110 Å². The number of unbranched alkanes of at least 4 members (excludes halogenated alkanes) is 10. The summed E-state index contributed by atoms with van der Waals surface area (Å²) in [4.78, 5) is 56.2. The Bertz CT molecular complexity index is 620. The number of phosphoric ester groups is 1. The van der Waals surface area contributed by atoms with E-state index in [0.29, 0.717) is 19.4 Å². The normalized spacial score (nSPS) is 11.6. The maximum atomic E-state index is 12.0. The molecule has 0 radical (unpaired) electrons. The molecule has 0 aliphatic rings. The maximum absolute atomic E-state index is 12.0. The average Bonchev–Trinajstić information content (AvgIpc) is 2.76. The average molecular weight is 554 g/mol. The molecule has 0 spiro atoms. The minimum atomic E-state index is -5.24. The van der Waals surface area contributed by atoms with Crippen LogP contribution in [0.2, 0.25) is 0 Å².